The molecule has 1 heterocycles. The molecule has 0 spiro atoms. The lowest BCUT2D eigenvalue weighted by Crippen LogP contribution is -2.36. The van der Waals surface area contributed by atoms with E-state index >= 15 is 0 Å². The second kappa shape index (κ2) is 3.17. The van der Waals surface area contributed by atoms with Crippen molar-refractivity contribution < 1.29 is 19.7 Å². The highest BCUT2D eigenvalue weighted by atomic mass is 16.5. The van der Waals surface area contributed by atoms with Crippen molar-refractivity contribution in [3.63, 3.8) is 0 Å². The van der Waals surface area contributed by atoms with Crippen LogP contribution >= 0.6 is 0 Å². The summed E-state index contributed by atoms with van der Waals surface area (Å²) in [6.07, 6.45) is -1.62. The van der Waals surface area contributed by atoms with E-state index in [1.807, 2.05) is 0 Å². The topological polar surface area (TPSA) is 92.8 Å². The van der Waals surface area contributed by atoms with Crippen LogP contribution in [0.3, 0.4) is 0 Å². The average Bonchev–Trinajstić information content (AvgIpc) is 2.30. The van der Waals surface area contributed by atoms with E-state index in [9.17, 15) is 9.90 Å². The van der Waals surface area contributed by atoms with Gasteiger partial charge in [0.2, 0.25) is 5.91 Å². The summed E-state index contributed by atoms with van der Waals surface area (Å²) in [5, 5.41) is 17.8. The molecule has 0 bridgehead atoms. The first-order valence-corrected chi connectivity index (χ1v) is 3.36. The van der Waals surface area contributed by atoms with Crippen molar-refractivity contribution in [2.75, 3.05) is 13.2 Å². The van der Waals surface area contributed by atoms with Gasteiger partial charge in [0.15, 0.2) is 0 Å². The van der Waals surface area contributed by atoms with E-state index in [1.165, 1.54) is 0 Å². The normalized spacial score (nSPS) is 37.5. The average molecular weight is 161 g/mol. The Morgan fingerprint density at radius 3 is 2.64 bits per heavy atom. The van der Waals surface area contributed by atoms with Crippen LogP contribution in [-0.2, 0) is 9.53 Å². The Balaban J connectivity index is 2.55. The number of hydrogen-bond acceptors (Lipinski definition) is 4. The molecule has 0 aromatic heterocycles. The highest BCUT2D eigenvalue weighted by molar-refractivity contribution is 5.77. The molecule has 0 aromatic rings. The van der Waals surface area contributed by atoms with Crippen LogP contribution in [0.2, 0.25) is 0 Å². The number of ether oxygens (including phenoxy) is 1. The second-order valence-electron chi connectivity index (χ2n) is 2.55. The molecule has 1 aliphatic rings. The van der Waals surface area contributed by atoms with Gasteiger partial charge in [-0.2, -0.15) is 0 Å². The van der Waals surface area contributed by atoms with Gasteiger partial charge in [-0.3, -0.25) is 4.79 Å². The summed E-state index contributed by atoms with van der Waals surface area (Å²) in [4.78, 5) is 10.6. The van der Waals surface area contributed by atoms with Crippen molar-refractivity contribution >= 4 is 5.91 Å². The Bertz CT molecular complexity index is 161. The first-order valence-electron chi connectivity index (χ1n) is 3.36. The largest absolute Gasteiger partial charge is 0.394 e. The van der Waals surface area contributed by atoms with E-state index in [0.29, 0.717) is 0 Å². The molecule has 1 rings (SSSR count). The Kier molecular flexibility index (Phi) is 2.43. The monoisotopic (exact) mass is 161 g/mol. The SMILES string of the molecule is NC(=O)C1CO[C@H](CO)[C@H]1O. The van der Waals surface area contributed by atoms with Crippen molar-refractivity contribution in [2.24, 2.45) is 11.7 Å². The Labute approximate surface area is 63.8 Å². The van der Waals surface area contributed by atoms with Crippen molar-refractivity contribution in [3.8, 4) is 0 Å². The van der Waals surface area contributed by atoms with Crippen molar-refractivity contribution in [1.82, 2.24) is 0 Å². The van der Waals surface area contributed by atoms with Crippen LogP contribution in [0.15, 0.2) is 0 Å². The van der Waals surface area contributed by atoms with Gasteiger partial charge in [-0.25, -0.2) is 0 Å². The molecule has 1 unspecified atom stereocenters. The number of aliphatic hydroxyl groups excluding tert-OH is 2. The molecule has 0 aliphatic carbocycles. The van der Waals surface area contributed by atoms with Gasteiger partial charge in [0.25, 0.3) is 0 Å². The molecule has 5 nitrogen and oxygen atoms in total. The molecule has 0 saturated carbocycles. The lowest BCUT2D eigenvalue weighted by Gasteiger charge is -2.12. The number of carbonyl (C=O) groups excluding carboxylic acids is 1. The molecule has 0 radical (unpaired) electrons. The Morgan fingerprint density at radius 2 is 2.36 bits per heavy atom. The van der Waals surface area contributed by atoms with E-state index in [0.717, 1.165) is 0 Å². The zero-order valence-corrected chi connectivity index (χ0v) is 5.93. The predicted octanol–water partition coefficient (Wildman–Crippen LogP) is -2.16. The van der Waals surface area contributed by atoms with Crippen LogP contribution in [0.25, 0.3) is 0 Å². The molecule has 1 fully saturated rings. The van der Waals surface area contributed by atoms with Crippen molar-refractivity contribution in [3.05, 3.63) is 0 Å². The van der Waals surface area contributed by atoms with Gasteiger partial charge in [0, 0.05) is 0 Å². The highest BCUT2D eigenvalue weighted by Crippen LogP contribution is 2.19. The number of amides is 1. The second-order valence-corrected chi connectivity index (χ2v) is 2.55. The summed E-state index contributed by atoms with van der Waals surface area (Å²) >= 11 is 0. The van der Waals surface area contributed by atoms with E-state index in [1.54, 1.807) is 0 Å². The van der Waals surface area contributed by atoms with Crippen LogP contribution in [0.1, 0.15) is 0 Å². The summed E-state index contributed by atoms with van der Waals surface area (Å²) in [5.41, 5.74) is 4.94. The maximum Gasteiger partial charge on any atom is 0.225 e. The van der Waals surface area contributed by atoms with Gasteiger partial charge in [0.1, 0.15) is 6.10 Å². The number of hydrogen-bond donors (Lipinski definition) is 3. The van der Waals surface area contributed by atoms with Crippen molar-refractivity contribution in [1.29, 1.82) is 0 Å². The maximum absolute atomic E-state index is 10.6. The number of aliphatic hydroxyl groups is 2. The van der Waals surface area contributed by atoms with E-state index in [-0.39, 0.29) is 13.2 Å². The molecule has 1 amide bonds. The molecular weight excluding hydrogens is 150 g/mol. The summed E-state index contributed by atoms with van der Waals surface area (Å²) in [5.74, 6) is -1.26. The fourth-order valence-electron chi connectivity index (χ4n) is 1.09. The fourth-order valence-corrected chi connectivity index (χ4v) is 1.09. The number of carbonyl (C=O) groups is 1. The van der Waals surface area contributed by atoms with Gasteiger partial charge >= 0.3 is 0 Å². The lowest BCUT2D eigenvalue weighted by molar-refractivity contribution is -0.124. The number of rotatable bonds is 2. The minimum absolute atomic E-state index is 0.0989. The maximum atomic E-state index is 10.6. The first-order chi connectivity index (χ1) is 5.16. The highest BCUT2D eigenvalue weighted by Gasteiger charge is 2.38. The molecule has 5 heteroatoms. The number of nitrogens with two attached hydrogens (primary N) is 1. The summed E-state index contributed by atoms with van der Waals surface area (Å²) in [6, 6.07) is 0. The smallest absolute Gasteiger partial charge is 0.225 e. The first kappa shape index (κ1) is 8.45. The third kappa shape index (κ3) is 1.50. The van der Waals surface area contributed by atoms with Crippen LogP contribution in [0.5, 0.6) is 0 Å². The minimum Gasteiger partial charge on any atom is -0.394 e. The quantitative estimate of drug-likeness (QED) is 0.430. The van der Waals surface area contributed by atoms with Crippen LogP contribution in [-0.4, -0.2) is 41.5 Å². The molecule has 4 N–H and O–H groups in total. The summed E-state index contributed by atoms with van der Waals surface area (Å²) in [6.45, 7) is -0.188. The third-order valence-electron chi connectivity index (χ3n) is 1.83. The van der Waals surface area contributed by atoms with Crippen molar-refractivity contribution in [2.45, 2.75) is 12.2 Å². The summed E-state index contributed by atoms with van der Waals surface area (Å²) in [7, 11) is 0. The fraction of sp³-hybridized carbons (Fsp3) is 0.833. The van der Waals surface area contributed by atoms with Crippen LogP contribution < -0.4 is 5.73 Å². The van der Waals surface area contributed by atoms with E-state index in [2.05, 4.69) is 0 Å². The van der Waals surface area contributed by atoms with Gasteiger partial charge in [0.05, 0.1) is 25.2 Å². The lowest BCUT2D eigenvalue weighted by atomic mass is 10.0. The van der Waals surface area contributed by atoms with Gasteiger partial charge in [-0.1, -0.05) is 0 Å². The molecule has 1 aliphatic heterocycles. The minimum atomic E-state index is -0.961. The molecule has 1 saturated heterocycles. The molecule has 0 aromatic carbocycles. The number of primary amides is 1. The molecule has 64 valence electrons. The molecular formula is C6H11NO4. The standard InChI is InChI=1S/C6H11NO4/c7-6(10)3-2-11-4(1-8)5(3)9/h3-5,8-9H,1-2H2,(H2,7,10)/t3?,4-,5+/m1/s1. The predicted molar refractivity (Wildman–Crippen MR) is 35.5 cm³/mol. The zero-order valence-electron chi connectivity index (χ0n) is 5.93. The van der Waals surface area contributed by atoms with Crippen LogP contribution in [0.4, 0.5) is 0 Å². The zero-order chi connectivity index (χ0) is 8.43. The van der Waals surface area contributed by atoms with Gasteiger partial charge in [-0.05, 0) is 0 Å². The third-order valence-corrected chi connectivity index (χ3v) is 1.83. The van der Waals surface area contributed by atoms with Gasteiger partial charge < -0.3 is 20.7 Å². The summed E-state index contributed by atoms with van der Waals surface area (Å²) < 4.78 is 4.89. The van der Waals surface area contributed by atoms with Gasteiger partial charge in [-0.15, -0.1) is 0 Å². The van der Waals surface area contributed by atoms with E-state index in [4.69, 9.17) is 15.6 Å². The van der Waals surface area contributed by atoms with E-state index < -0.39 is 24.0 Å². The molecule has 11 heavy (non-hydrogen) atoms. The van der Waals surface area contributed by atoms with Crippen LogP contribution in [0, 0.1) is 5.92 Å². The Hall–Kier alpha value is -0.650. The molecule has 3 atom stereocenters. The Morgan fingerprint density at radius 1 is 1.73 bits per heavy atom.